The Morgan fingerprint density at radius 3 is 2.57 bits per heavy atom. The van der Waals surface area contributed by atoms with Crippen LogP contribution >= 0.6 is 43.5 Å². The summed E-state index contributed by atoms with van der Waals surface area (Å²) in [5, 5.41) is 0. The van der Waals surface area contributed by atoms with E-state index < -0.39 is 0 Å². The Morgan fingerprint density at radius 1 is 1.05 bits per heavy atom. The molecule has 2 aromatic rings. The molecule has 0 radical (unpaired) electrons. The smallest absolute Gasteiger partial charge is 0.120 e. The Bertz CT molecular complexity index is 574. The van der Waals surface area contributed by atoms with Crippen molar-refractivity contribution in [2.45, 2.75) is 12.8 Å². The van der Waals surface area contributed by atoms with E-state index in [0.29, 0.717) is 18.4 Å². The van der Waals surface area contributed by atoms with E-state index in [1.54, 1.807) is 0 Å². The number of hydrogen-bond acceptors (Lipinski definition) is 1. The third-order valence-corrected chi connectivity index (χ3v) is 4.98. The first kappa shape index (κ1) is 16.9. The fraction of sp³-hybridized carbons (Fsp3) is 0.294. The van der Waals surface area contributed by atoms with Gasteiger partial charge < -0.3 is 4.74 Å². The van der Waals surface area contributed by atoms with Crippen LogP contribution < -0.4 is 4.74 Å². The van der Waals surface area contributed by atoms with Crippen LogP contribution in [-0.2, 0) is 6.42 Å². The van der Waals surface area contributed by atoms with Crippen molar-refractivity contribution < 1.29 is 4.74 Å². The number of hydrogen-bond donors (Lipinski definition) is 0. The van der Waals surface area contributed by atoms with Gasteiger partial charge in [-0.25, -0.2) is 0 Å². The lowest BCUT2D eigenvalue weighted by molar-refractivity contribution is 0.284. The number of ether oxygens (including phenoxy) is 1. The van der Waals surface area contributed by atoms with Crippen LogP contribution in [0.2, 0.25) is 0 Å². The van der Waals surface area contributed by atoms with Crippen molar-refractivity contribution >= 4 is 43.5 Å². The minimum Gasteiger partial charge on any atom is -0.494 e. The molecule has 0 aliphatic carbocycles. The Kier molecular flexibility index (Phi) is 7.08. The van der Waals surface area contributed by atoms with E-state index in [9.17, 15) is 0 Å². The summed E-state index contributed by atoms with van der Waals surface area (Å²) in [5.41, 5.74) is 1.30. The molecule has 1 nitrogen and oxygen atoms in total. The highest BCUT2D eigenvalue weighted by molar-refractivity contribution is 9.10. The monoisotopic (exact) mass is 430 g/mol. The second-order valence-corrected chi connectivity index (χ2v) is 6.99. The zero-order chi connectivity index (χ0) is 15.1. The molecule has 2 rings (SSSR count). The van der Waals surface area contributed by atoms with Crippen molar-refractivity contribution in [3.05, 3.63) is 63.0 Å². The summed E-state index contributed by atoms with van der Waals surface area (Å²) in [6.45, 7) is 0.679. The molecule has 1 unspecified atom stereocenters. The fourth-order valence-corrected chi connectivity index (χ4v) is 3.20. The molecule has 112 valence electrons. The van der Waals surface area contributed by atoms with Crippen molar-refractivity contribution in [1.82, 2.24) is 0 Å². The predicted octanol–water partition coefficient (Wildman–Crippen LogP) is 6.08. The normalized spacial score (nSPS) is 12.1. The van der Waals surface area contributed by atoms with Crippen molar-refractivity contribution in [2.75, 3.05) is 12.5 Å². The van der Waals surface area contributed by atoms with Crippen LogP contribution in [0.5, 0.6) is 5.75 Å². The van der Waals surface area contributed by atoms with Crippen LogP contribution in [0.25, 0.3) is 0 Å². The molecule has 0 bridgehead atoms. The van der Waals surface area contributed by atoms with E-state index in [-0.39, 0.29) is 0 Å². The maximum Gasteiger partial charge on any atom is 0.120 e. The molecule has 0 N–H and O–H groups in total. The molecule has 2 aromatic carbocycles. The molecule has 0 amide bonds. The van der Waals surface area contributed by atoms with Crippen molar-refractivity contribution in [1.29, 1.82) is 0 Å². The molecule has 1 atom stereocenters. The van der Waals surface area contributed by atoms with Crippen LogP contribution in [0, 0.1) is 5.92 Å². The van der Waals surface area contributed by atoms with E-state index in [4.69, 9.17) is 16.3 Å². The average molecular weight is 433 g/mol. The first-order valence-electron chi connectivity index (χ1n) is 6.87. The molecule has 0 aliphatic rings. The van der Waals surface area contributed by atoms with Crippen LogP contribution in [0.3, 0.4) is 0 Å². The van der Waals surface area contributed by atoms with E-state index >= 15 is 0 Å². The Morgan fingerprint density at radius 2 is 1.86 bits per heavy atom. The van der Waals surface area contributed by atoms with Crippen LogP contribution in [-0.4, -0.2) is 12.5 Å². The van der Waals surface area contributed by atoms with Gasteiger partial charge in [0, 0.05) is 14.8 Å². The lowest BCUT2D eigenvalue weighted by atomic mass is 9.98. The molecular formula is C17H17Br2ClO. The van der Waals surface area contributed by atoms with Gasteiger partial charge in [-0.3, -0.25) is 0 Å². The average Bonchev–Trinajstić information content (AvgIpc) is 2.48. The van der Waals surface area contributed by atoms with E-state index in [0.717, 1.165) is 27.5 Å². The maximum absolute atomic E-state index is 6.10. The summed E-state index contributed by atoms with van der Waals surface area (Å²) in [6, 6.07) is 16.2. The highest BCUT2D eigenvalue weighted by atomic mass is 79.9. The minimum absolute atomic E-state index is 0.414. The first-order chi connectivity index (χ1) is 10.2. The molecule has 0 saturated heterocycles. The molecule has 0 saturated carbocycles. The SMILES string of the molecule is ClCC(CCOc1cccc(Br)c1)Cc1ccccc1Br. The van der Waals surface area contributed by atoms with Crippen LogP contribution in [0.4, 0.5) is 0 Å². The quantitative estimate of drug-likeness (QED) is 0.482. The van der Waals surface area contributed by atoms with Crippen molar-refractivity contribution in [2.24, 2.45) is 5.92 Å². The third kappa shape index (κ3) is 5.65. The molecule has 0 aromatic heterocycles. The Labute approximate surface area is 147 Å². The second kappa shape index (κ2) is 8.82. The van der Waals surface area contributed by atoms with Gasteiger partial charge >= 0.3 is 0 Å². The summed E-state index contributed by atoms with van der Waals surface area (Å²) < 4.78 is 7.96. The van der Waals surface area contributed by atoms with Gasteiger partial charge in [-0.2, -0.15) is 0 Å². The third-order valence-electron chi connectivity index (χ3n) is 3.28. The number of benzene rings is 2. The highest BCUT2D eigenvalue weighted by Crippen LogP contribution is 2.23. The van der Waals surface area contributed by atoms with Gasteiger partial charge in [-0.1, -0.05) is 56.1 Å². The second-order valence-electron chi connectivity index (χ2n) is 4.91. The van der Waals surface area contributed by atoms with Gasteiger partial charge in [0.05, 0.1) is 6.61 Å². The van der Waals surface area contributed by atoms with Gasteiger partial charge in [-0.05, 0) is 48.6 Å². The first-order valence-corrected chi connectivity index (χ1v) is 8.99. The minimum atomic E-state index is 0.414. The molecule has 4 heteroatoms. The molecular weight excluding hydrogens is 415 g/mol. The molecule has 0 spiro atoms. The number of halogens is 3. The van der Waals surface area contributed by atoms with Crippen LogP contribution in [0.1, 0.15) is 12.0 Å². The summed E-state index contributed by atoms with van der Waals surface area (Å²) in [7, 11) is 0. The number of alkyl halides is 1. The maximum atomic E-state index is 6.10. The van der Waals surface area contributed by atoms with E-state index in [2.05, 4.69) is 50.1 Å². The zero-order valence-corrected chi connectivity index (χ0v) is 15.5. The highest BCUT2D eigenvalue weighted by Gasteiger charge is 2.11. The summed E-state index contributed by atoms with van der Waals surface area (Å²) in [5.74, 6) is 1.94. The van der Waals surface area contributed by atoms with Gasteiger partial charge in [0.1, 0.15) is 5.75 Å². The Hall–Kier alpha value is -0.510. The summed E-state index contributed by atoms with van der Waals surface area (Å²) >= 11 is 13.1. The van der Waals surface area contributed by atoms with Crippen LogP contribution in [0.15, 0.2) is 57.5 Å². The molecule has 0 aliphatic heterocycles. The molecule has 0 heterocycles. The zero-order valence-electron chi connectivity index (χ0n) is 11.6. The standard InChI is InChI=1S/C17H17Br2ClO/c18-15-5-3-6-16(11-15)21-9-8-13(12-20)10-14-4-1-2-7-17(14)19/h1-7,11,13H,8-10,12H2. The molecule has 0 fully saturated rings. The van der Waals surface area contributed by atoms with E-state index in [1.807, 2.05) is 30.3 Å². The predicted molar refractivity (Wildman–Crippen MR) is 96.3 cm³/mol. The van der Waals surface area contributed by atoms with Gasteiger partial charge in [0.25, 0.3) is 0 Å². The lowest BCUT2D eigenvalue weighted by Crippen LogP contribution is -2.12. The lowest BCUT2D eigenvalue weighted by Gasteiger charge is -2.15. The van der Waals surface area contributed by atoms with E-state index in [1.165, 1.54) is 5.56 Å². The van der Waals surface area contributed by atoms with Gasteiger partial charge in [0.2, 0.25) is 0 Å². The summed E-state index contributed by atoms with van der Waals surface area (Å²) in [6.07, 6.45) is 1.91. The van der Waals surface area contributed by atoms with Crippen molar-refractivity contribution in [3.8, 4) is 5.75 Å². The van der Waals surface area contributed by atoms with Gasteiger partial charge in [-0.15, -0.1) is 11.6 Å². The van der Waals surface area contributed by atoms with Gasteiger partial charge in [0.15, 0.2) is 0 Å². The topological polar surface area (TPSA) is 9.23 Å². The van der Waals surface area contributed by atoms with Crippen molar-refractivity contribution in [3.63, 3.8) is 0 Å². The number of rotatable bonds is 7. The Balaban J connectivity index is 1.84. The largest absolute Gasteiger partial charge is 0.494 e. The fourth-order valence-electron chi connectivity index (χ4n) is 2.11. The molecule has 21 heavy (non-hydrogen) atoms. The summed E-state index contributed by atoms with van der Waals surface area (Å²) in [4.78, 5) is 0.